The third-order valence-corrected chi connectivity index (χ3v) is 14.9. The summed E-state index contributed by atoms with van der Waals surface area (Å²) in [5.74, 6) is -4.88. The Morgan fingerprint density at radius 1 is 0.944 bits per heavy atom. The molecule has 1 saturated heterocycles. The van der Waals surface area contributed by atoms with Crippen molar-refractivity contribution >= 4 is 58.5 Å². The molecule has 0 saturated carbocycles. The minimum Gasteiger partial charge on any atom is -0.481 e. The molecule has 1 aliphatic rings. The number of carboxylic acids is 1. The van der Waals surface area contributed by atoms with Gasteiger partial charge in [0.1, 0.15) is 28.6 Å². The minimum absolute atomic E-state index is 0.00524. The Balaban J connectivity index is 1.92. The van der Waals surface area contributed by atoms with Crippen LogP contribution < -0.4 is 21.3 Å². The van der Waals surface area contributed by atoms with Gasteiger partial charge in [-0.05, 0) is 102 Å². The largest absolute Gasteiger partial charge is 0.481 e. The highest BCUT2D eigenvalue weighted by Gasteiger charge is 2.39. The first-order valence-electron chi connectivity index (χ1n) is 25.7. The number of anilines is 1. The van der Waals surface area contributed by atoms with E-state index in [0.717, 1.165) is 62.8 Å². The lowest BCUT2D eigenvalue weighted by Crippen LogP contribution is -2.59. The van der Waals surface area contributed by atoms with E-state index in [-0.39, 0.29) is 78.1 Å². The van der Waals surface area contributed by atoms with E-state index in [1.165, 1.54) is 45.2 Å². The Morgan fingerprint density at radius 2 is 1.63 bits per heavy atom. The number of likely N-dealkylation sites (N-methyl/N-ethyl adjacent to an activating group) is 1. The van der Waals surface area contributed by atoms with E-state index in [1.807, 2.05) is 58.4 Å². The number of carbonyl (C=O) groups excluding carboxylic acids is 6. The fourth-order valence-corrected chi connectivity index (χ4v) is 9.59. The van der Waals surface area contributed by atoms with Gasteiger partial charge in [0.25, 0.3) is 5.91 Å². The standard InChI is InChI=1S/C53H84FN7O9S/c1-14-16-17-19-25-61(51(67)45(33(7)15-2)59-49(66)42-21-18-20-24-60(42)13)43(32(5)6)28-44(70-36(10)62)50-58-41(30-71-50)48(65)56-38(29-53(11,12)52(68)69)26-37-22-23-40(39(54)27-37)57-47(64)35(9)55-46(63)34(8)31(3)4/h22-23,27,30-35,38,42-45H,14-21,24-26,28-29H2,1-13H3,(H,55,63)(H,56,65)(H,57,64)(H,59,66)(H,68,69)/t33-,34-,35-,38-,42+,43+,44+,45-/m0/s1. The van der Waals surface area contributed by atoms with Gasteiger partial charge in [-0.2, -0.15) is 0 Å². The average molecular weight is 1010 g/mol. The average Bonchev–Trinajstić information content (AvgIpc) is 3.80. The lowest BCUT2D eigenvalue weighted by atomic mass is 9.84. The number of benzene rings is 1. The van der Waals surface area contributed by atoms with Crippen LogP contribution in [0.1, 0.15) is 174 Å². The smallest absolute Gasteiger partial charge is 0.309 e. The van der Waals surface area contributed by atoms with E-state index >= 15 is 4.39 Å². The van der Waals surface area contributed by atoms with E-state index in [4.69, 9.17) is 4.74 Å². The lowest BCUT2D eigenvalue weighted by molar-refractivity contribution is -0.150. The number of thiazole rings is 1. The van der Waals surface area contributed by atoms with E-state index in [9.17, 15) is 38.7 Å². The van der Waals surface area contributed by atoms with Crippen molar-refractivity contribution in [3.8, 4) is 0 Å². The zero-order valence-electron chi connectivity index (χ0n) is 44.6. The van der Waals surface area contributed by atoms with E-state index < -0.39 is 65.3 Å². The first kappa shape index (κ1) is 60.3. The number of hydrogen-bond donors (Lipinski definition) is 5. The van der Waals surface area contributed by atoms with Crippen molar-refractivity contribution in [2.45, 2.75) is 190 Å². The number of aromatic nitrogens is 1. The summed E-state index contributed by atoms with van der Waals surface area (Å²) in [7, 11) is 1.94. The predicted molar refractivity (Wildman–Crippen MR) is 275 cm³/mol. The number of hydrogen-bond acceptors (Lipinski definition) is 11. The molecule has 0 bridgehead atoms. The maximum absolute atomic E-state index is 15.6. The normalized spacial score (nSPS) is 17.3. The summed E-state index contributed by atoms with van der Waals surface area (Å²) in [6.45, 7) is 22.7. The van der Waals surface area contributed by atoms with Crippen molar-refractivity contribution in [1.29, 1.82) is 0 Å². The molecule has 0 spiro atoms. The number of piperidine rings is 1. The summed E-state index contributed by atoms with van der Waals surface area (Å²) in [5.41, 5.74) is -1.01. The summed E-state index contributed by atoms with van der Waals surface area (Å²) in [4.78, 5) is 102. The van der Waals surface area contributed by atoms with Gasteiger partial charge in [-0.3, -0.25) is 38.5 Å². The van der Waals surface area contributed by atoms with Gasteiger partial charge in [0.05, 0.1) is 17.1 Å². The van der Waals surface area contributed by atoms with Crippen LogP contribution >= 0.6 is 11.3 Å². The molecule has 5 N–H and O–H groups in total. The second-order valence-corrected chi connectivity index (χ2v) is 21.9. The molecule has 2 aromatic rings. The second-order valence-electron chi connectivity index (χ2n) is 21.0. The highest BCUT2D eigenvalue weighted by atomic mass is 32.1. The van der Waals surface area contributed by atoms with Crippen molar-refractivity contribution in [1.82, 2.24) is 30.7 Å². The molecule has 1 aliphatic heterocycles. The highest BCUT2D eigenvalue weighted by Crippen LogP contribution is 2.33. The Labute approximate surface area is 425 Å². The van der Waals surface area contributed by atoms with Crippen LogP contribution in [0.4, 0.5) is 10.1 Å². The van der Waals surface area contributed by atoms with Crippen molar-refractivity contribution in [2.75, 3.05) is 25.5 Å². The minimum atomic E-state index is -1.31. The van der Waals surface area contributed by atoms with Crippen LogP contribution in [-0.4, -0.2) is 112 Å². The van der Waals surface area contributed by atoms with Crippen LogP contribution in [0.25, 0.3) is 0 Å². The monoisotopic (exact) mass is 1010 g/mol. The van der Waals surface area contributed by atoms with Gasteiger partial charge in [0.2, 0.25) is 23.6 Å². The van der Waals surface area contributed by atoms with Crippen molar-refractivity contribution in [2.24, 2.45) is 29.1 Å². The molecule has 0 aliphatic carbocycles. The maximum Gasteiger partial charge on any atom is 0.309 e. The van der Waals surface area contributed by atoms with Gasteiger partial charge in [-0.1, -0.05) is 93.6 Å². The Hall–Kier alpha value is -4.97. The van der Waals surface area contributed by atoms with Gasteiger partial charge in [0.15, 0.2) is 6.10 Å². The molecule has 0 radical (unpaired) electrons. The lowest BCUT2D eigenvalue weighted by Gasteiger charge is -2.40. The first-order chi connectivity index (χ1) is 33.3. The summed E-state index contributed by atoms with van der Waals surface area (Å²) in [6.07, 6.45) is 6.16. The number of aliphatic carboxylic acids is 1. The van der Waals surface area contributed by atoms with E-state index in [0.29, 0.717) is 23.5 Å². The van der Waals surface area contributed by atoms with Crippen molar-refractivity contribution in [3.05, 3.63) is 45.7 Å². The third-order valence-electron chi connectivity index (χ3n) is 14.0. The molecule has 18 heteroatoms. The molecule has 398 valence electrons. The van der Waals surface area contributed by atoms with Crippen LogP contribution in [0, 0.1) is 34.9 Å². The Kier molecular flexibility index (Phi) is 24.1. The molecule has 1 aromatic heterocycles. The molecule has 1 fully saturated rings. The van der Waals surface area contributed by atoms with Crippen LogP contribution in [0.15, 0.2) is 23.6 Å². The second kappa shape index (κ2) is 28.3. The molecule has 3 rings (SSSR count). The van der Waals surface area contributed by atoms with Crippen molar-refractivity contribution < 1.29 is 47.8 Å². The number of unbranched alkanes of at least 4 members (excludes halogenated alkanes) is 3. The number of nitrogens with one attached hydrogen (secondary N) is 4. The Morgan fingerprint density at radius 3 is 2.21 bits per heavy atom. The summed E-state index contributed by atoms with van der Waals surface area (Å²) in [5, 5.41) is 23.2. The topological polar surface area (TPSA) is 216 Å². The summed E-state index contributed by atoms with van der Waals surface area (Å²) < 4.78 is 21.5. The number of rotatable bonds is 28. The number of carbonyl (C=O) groups is 7. The number of likely N-dealkylation sites (tertiary alicyclic amines) is 1. The molecular weight excluding hydrogens is 930 g/mol. The molecule has 71 heavy (non-hydrogen) atoms. The SMILES string of the molecule is CCCCCCN(C(=O)[C@@H](NC(=O)[C@H]1CCCCN1C)[C@@H](C)CC)[C@H](C[C@@H](OC(C)=O)c1nc(C(=O)N[C@@H](Cc2ccc(NC(=O)[C@H](C)NC(=O)[C@@H](C)C(C)C)c(F)c2)CC(C)(C)C(=O)O)cs1)C(C)C. The predicted octanol–water partition coefficient (Wildman–Crippen LogP) is 8.30. The summed E-state index contributed by atoms with van der Waals surface area (Å²) >= 11 is 1.11. The van der Waals surface area contributed by atoms with E-state index in [1.54, 1.807) is 13.0 Å². The van der Waals surface area contributed by atoms with Crippen LogP contribution in [-0.2, 0) is 39.9 Å². The van der Waals surface area contributed by atoms with E-state index in [2.05, 4.69) is 33.2 Å². The zero-order valence-corrected chi connectivity index (χ0v) is 45.4. The fourth-order valence-electron chi connectivity index (χ4n) is 8.75. The van der Waals surface area contributed by atoms with Gasteiger partial charge in [-0.15, -0.1) is 11.3 Å². The number of nitrogens with zero attached hydrogens (tertiary/aromatic N) is 3. The zero-order chi connectivity index (χ0) is 53.3. The van der Waals surface area contributed by atoms with Crippen LogP contribution in [0.5, 0.6) is 0 Å². The molecular formula is C53H84FN7O9S. The third kappa shape index (κ3) is 18.2. The van der Waals surface area contributed by atoms with Gasteiger partial charge >= 0.3 is 11.9 Å². The summed E-state index contributed by atoms with van der Waals surface area (Å²) in [6, 6.07) is 0.826. The molecule has 1 aromatic carbocycles. The number of esters is 1. The molecule has 0 unspecified atom stereocenters. The number of amides is 5. The first-order valence-corrected chi connectivity index (χ1v) is 26.6. The molecule has 2 heterocycles. The van der Waals surface area contributed by atoms with Gasteiger partial charge in [-0.25, -0.2) is 9.37 Å². The molecule has 16 nitrogen and oxygen atoms in total. The Bertz CT molecular complexity index is 2110. The van der Waals surface area contributed by atoms with Gasteiger partial charge < -0.3 is 36.0 Å². The number of carboxylic acid groups (broad SMARTS) is 1. The highest BCUT2D eigenvalue weighted by molar-refractivity contribution is 7.09. The van der Waals surface area contributed by atoms with Crippen molar-refractivity contribution in [3.63, 3.8) is 0 Å². The number of ether oxygens (including phenoxy) is 1. The van der Waals surface area contributed by atoms with Gasteiger partial charge in [0, 0.05) is 43.3 Å². The number of halogens is 1. The maximum atomic E-state index is 15.6. The molecule has 8 atom stereocenters. The fraction of sp³-hybridized carbons (Fsp3) is 0.698. The van der Waals surface area contributed by atoms with Crippen LogP contribution in [0.3, 0.4) is 0 Å². The quantitative estimate of drug-likeness (QED) is 0.0404. The molecule has 5 amide bonds. The van der Waals surface area contributed by atoms with Crippen LogP contribution in [0.2, 0.25) is 0 Å².